The molecule has 6 heteroatoms. The zero-order chi connectivity index (χ0) is 14.7. The van der Waals surface area contributed by atoms with E-state index in [1.807, 2.05) is 0 Å². The molecule has 2 rings (SSSR count). The van der Waals surface area contributed by atoms with Crippen LogP contribution in [0.2, 0.25) is 0 Å². The molecule has 0 atom stereocenters. The number of nitrogens with zero attached hydrogens (tertiary/aromatic N) is 2. The van der Waals surface area contributed by atoms with Crippen LogP contribution < -0.4 is 0 Å². The first kappa shape index (κ1) is 14.8. The minimum absolute atomic E-state index is 0.0861. The molecule has 1 heterocycles. The third-order valence-electron chi connectivity index (χ3n) is 3.77. The number of hydrogen-bond donors (Lipinski definition) is 0. The van der Waals surface area contributed by atoms with Crippen molar-refractivity contribution in [3.8, 4) is 0 Å². The van der Waals surface area contributed by atoms with Crippen LogP contribution in [0.25, 0.3) is 0 Å². The SMILES string of the molecule is Cc1cccc(C(=O)N2CCC(CCl)CC2)c1[N+](=O)[O-]. The molecule has 108 valence electrons. The molecule has 0 radical (unpaired) electrons. The molecule has 1 aromatic carbocycles. The fourth-order valence-electron chi connectivity index (χ4n) is 2.53. The van der Waals surface area contributed by atoms with E-state index in [4.69, 9.17) is 11.6 Å². The summed E-state index contributed by atoms with van der Waals surface area (Å²) in [6.07, 6.45) is 1.71. The van der Waals surface area contributed by atoms with Gasteiger partial charge in [0.2, 0.25) is 0 Å². The summed E-state index contributed by atoms with van der Waals surface area (Å²) in [7, 11) is 0. The molecule has 1 aliphatic heterocycles. The van der Waals surface area contributed by atoms with Gasteiger partial charge < -0.3 is 4.90 Å². The van der Waals surface area contributed by atoms with E-state index in [1.165, 1.54) is 6.07 Å². The van der Waals surface area contributed by atoms with Crippen LogP contribution >= 0.6 is 11.6 Å². The largest absolute Gasteiger partial charge is 0.338 e. The first-order chi connectivity index (χ1) is 9.54. The van der Waals surface area contributed by atoms with Crippen molar-refractivity contribution in [2.24, 2.45) is 5.92 Å². The highest BCUT2D eigenvalue weighted by atomic mass is 35.5. The lowest BCUT2D eigenvalue weighted by Crippen LogP contribution is -2.39. The number of amides is 1. The lowest BCUT2D eigenvalue weighted by atomic mass is 9.98. The summed E-state index contributed by atoms with van der Waals surface area (Å²) in [6, 6.07) is 4.86. The molecule has 20 heavy (non-hydrogen) atoms. The molecule has 0 N–H and O–H groups in total. The molecule has 0 unspecified atom stereocenters. The van der Waals surface area contributed by atoms with Gasteiger partial charge in [-0.25, -0.2) is 0 Å². The molecular weight excluding hydrogens is 280 g/mol. The number of aryl methyl sites for hydroxylation is 1. The Morgan fingerprint density at radius 2 is 2.10 bits per heavy atom. The highest BCUT2D eigenvalue weighted by molar-refractivity contribution is 6.18. The molecule has 0 aliphatic carbocycles. The number of nitro groups is 1. The number of benzene rings is 1. The fourth-order valence-corrected chi connectivity index (χ4v) is 2.84. The van der Waals surface area contributed by atoms with Gasteiger partial charge in [0.1, 0.15) is 5.56 Å². The number of alkyl halides is 1. The summed E-state index contributed by atoms with van der Waals surface area (Å²) in [5, 5.41) is 11.1. The summed E-state index contributed by atoms with van der Waals surface area (Å²) in [5.41, 5.74) is 0.604. The lowest BCUT2D eigenvalue weighted by molar-refractivity contribution is -0.385. The average Bonchev–Trinajstić information content (AvgIpc) is 2.46. The predicted molar refractivity (Wildman–Crippen MR) is 77.2 cm³/mol. The van der Waals surface area contributed by atoms with Gasteiger partial charge in [-0.1, -0.05) is 12.1 Å². The normalized spacial score (nSPS) is 16.2. The molecule has 1 aliphatic rings. The van der Waals surface area contributed by atoms with Crippen LogP contribution in [0.3, 0.4) is 0 Å². The van der Waals surface area contributed by atoms with Gasteiger partial charge in [0.15, 0.2) is 0 Å². The van der Waals surface area contributed by atoms with Gasteiger partial charge in [-0.15, -0.1) is 11.6 Å². The van der Waals surface area contributed by atoms with E-state index < -0.39 is 4.92 Å². The van der Waals surface area contributed by atoms with Crippen LogP contribution in [-0.2, 0) is 0 Å². The summed E-state index contributed by atoms with van der Waals surface area (Å²) in [6.45, 7) is 2.87. The van der Waals surface area contributed by atoms with Crippen molar-refractivity contribution in [3.63, 3.8) is 0 Å². The summed E-state index contributed by atoms with van der Waals surface area (Å²) in [4.78, 5) is 24.8. The summed E-state index contributed by atoms with van der Waals surface area (Å²) in [5.74, 6) is 0.786. The van der Waals surface area contributed by atoms with Crippen molar-refractivity contribution in [3.05, 3.63) is 39.4 Å². The molecule has 5 nitrogen and oxygen atoms in total. The van der Waals surface area contributed by atoms with Gasteiger partial charge in [-0.05, 0) is 31.7 Å². The van der Waals surface area contributed by atoms with Gasteiger partial charge in [-0.3, -0.25) is 14.9 Å². The first-order valence-electron chi connectivity index (χ1n) is 6.63. The summed E-state index contributed by atoms with van der Waals surface area (Å²) >= 11 is 5.82. The maximum absolute atomic E-state index is 12.5. The first-order valence-corrected chi connectivity index (χ1v) is 7.17. The van der Waals surface area contributed by atoms with Crippen molar-refractivity contribution >= 4 is 23.2 Å². The molecule has 0 spiro atoms. The van der Waals surface area contributed by atoms with E-state index in [1.54, 1.807) is 24.0 Å². The van der Waals surface area contributed by atoms with Crippen LogP contribution in [-0.4, -0.2) is 34.7 Å². The van der Waals surface area contributed by atoms with E-state index in [-0.39, 0.29) is 17.2 Å². The maximum atomic E-state index is 12.5. The molecule has 1 saturated heterocycles. The second kappa shape index (κ2) is 6.22. The van der Waals surface area contributed by atoms with Crippen LogP contribution in [0.15, 0.2) is 18.2 Å². The Hall–Kier alpha value is -1.62. The van der Waals surface area contributed by atoms with Gasteiger partial charge in [-0.2, -0.15) is 0 Å². The Balaban J connectivity index is 2.22. The molecule has 0 saturated carbocycles. The van der Waals surface area contributed by atoms with E-state index >= 15 is 0 Å². The second-order valence-corrected chi connectivity index (χ2v) is 5.43. The number of hydrogen-bond acceptors (Lipinski definition) is 3. The quantitative estimate of drug-likeness (QED) is 0.489. The zero-order valence-electron chi connectivity index (χ0n) is 11.3. The number of likely N-dealkylation sites (tertiary alicyclic amines) is 1. The van der Waals surface area contributed by atoms with E-state index in [0.717, 1.165) is 12.8 Å². The molecule has 0 bridgehead atoms. The van der Waals surface area contributed by atoms with Gasteiger partial charge in [0, 0.05) is 24.5 Å². The number of nitro benzene ring substituents is 1. The Labute approximate surface area is 122 Å². The molecule has 0 aromatic heterocycles. The third kappa shape index (κ3) is 2.93. The maximum Gasteiger partial charge on any atom is 0.285 e. The molecule has 1 amide bonds. The summed E-state index contributed by atoms with van der Waals surface area (Å²) < 4.78 is 0. The lowest BCUT2D eigenvalue weighted by Gasteiger charge is -2.31. The number of carbonyl (C=O) groups is 1. The minimum atomic E-state index is -0.478. The van der Waals surface area contributed by atoms with Gasteiger partial charge in [0.05, 0.1) is 4.92 Å². The zero-order valence-corrected chi connectivity index (χ0v) is 12.1. The highest BCUT2D eigenvalue weighted by Gasteiger charge is 2.28. The fraction of sp³-hybridized carbons (Fsp3) is 0.500. The van der Waals surface area contributed by atoms with Crippen molar-refractivity contribution in [1.29, 1.82) is 0 Å². The number of piperidine rings is 1. The van der Waals surface area contributed by atoms with Gasteiger partial charge in [0.25, 0.3) is 11.6 Å². The Morgan fingerprint density at radius 3 is 2.65 bits per heavy atom. The Morgan fingerprint density at radius 1 is 1.45 bits per heavy atom. The van der Waals surface area contributed by atoms with Crippen LogP contribution in [0.4, 0.5) is 5.69 Å². The Kier molecular flexibility index (Phi) is 4.60. The van der Waals surface area contributed by atoms with Crippen molar-refractivity contribution < 1.29 is 9.72 Å². The highest BCUT2D eigenvalue weighted by Crippen LogP contribution is 2.26. The monoisotopic (exact) mass is 296 g/mol. The van der Waals surface area contributed by atoms with Crippen molar-refractivity contribution in [2.75, 3.05) is 19.0 Å². The van der Waals surface area contributed by atoms with Crippen molar-refractivity contribution in [1.82, 2.24) is 4.90 Å². The standard InChI is InChI=1S/C14H17ClN2O3/c1-10-3-2-4-12(13(10)17(19)20)14(18)16-7-5-11(9-15)6-8-16/h2-4,11H,5-9H2,1H3. The molecular formula is C14H17ClN2O3. The van der Waals surface area contributed by atoms with Gasteiger partial charge >= 0.3 is 0 Å². The van der Waals surface area contributed by atoms with Crippen LogP contribution in [0, 0.1) is 23.0 Å². The van der Waals surface area contributed by atoms with Crippen molar-refractivity contribution in [2.45, 2.75) is 19.8 Å². The number of halogens is 1. The van der Waals surface area contributed by atoms with E-state index in [9.17, 15) is 14.9 Å². The topological polar surface area (TPSA) is 63.5 Å². The average molecular weight is 297 g/mol. The molecule has 1 fully saturated rings. The predicted octanol–water partition coefficient (Wildman–Crippen LogP) is 2.99. The van der Waals surface area contributed by atoms with E-state index in [2.05, 4.69) is 0 Å². The minimum Gasteiger partial charge on any atom is -0.338 e. The smallest absolute Gasteiger partial charge is 0.285 e. The van der Waals surface area contributed by atoms with E-state index in [0.29, 0.717) is 30.5 Å². The number of carbonyl (C=O) groups excluding carboxylic acids is 1. The van der Waals surface area contributed by atoms with Crippen LogP contribution in [0.5, 0.6) is 0 Å². The molecule has 1 aromatic rings. The Bertz CT molecular complexity index is 525. The number of para-hydroxylation sites is 1. The second-order valence-electron chi connectivity index (χ2n) is 5.12. The number of rotatable bonds is 3. The van der Waals surface area contributed by atoms with Crippen LogP contribution in [0.1, 0.15) is 28.8 Å². The third-order valence-corrected chi connectivity index (χ3v) is 4.21.